The molecule has 0 aliphatic heterocycles. The number of para-hydroxylation sites is 2. The van der Waals surface area contributed by atoms with Crippen LogP contribution in [0.2, 0.25) is 0 Å². The van der Waals surface area contributed by atoms with E-state index in [0.29, 0.717) is 18.0 Å². The second-order valence-electron chi connectivity index (χ2n) is 5.12. The van der Waals surface area contributed by atoms with Crippen molar-refractivity contribution in [3.63, 3.8) is 0 Å². The Morgan fingerprint density at radius 3 is 2.57 bits per heavy atom. The topological polar surface area (TPSA) is 59.6 Å². The van der Waals surface area contributed by atoms with E-state index < -0.39 is 0 Å². The van der Waals surface area contributed by atoms with Crippen LogP contribution in [0.15, 0.2) is 42.5 Å². The summed E-state index contributed by atoms with van der Waals surface area (Å²) in [5.41, 5.74) is 2.83. The monoisotopic (exact) mass is 314 g/mol. The first-order chi connectivity index (χ1) is 11.1. The number of hydrogen-bond donors (Lipinski definition) is 2. The third-order valence-corrected chi connectivity index (χ3v) is 3.23. The van der Waals surface area contributed by atoms with Gasteiger partial charge in [0.25, 0.3) is 0 Å². The molecule has 2 aromatic carbocycles. The maximum absolute atomic E-state index is 11.9. The van der Waals surface area contributed by atoms with Crippen molar-refractivity contribution in [3.8, 4) is 11.5 Å². The predicted molar refractivity (Wildman–Crippen MR) is 91.2 cm³/mol. The smallest absolute Gasteiger partial charge is 0.321 e. The highest BCUT2D eigenvalue weighted by atomic mass is 16.5. The molecule has 5 nitrogen and oxygen atoms in total. The van der Waals surface area contributed by atoms with Gasteiger partial charge >= 0.3 is 6.03 Å². The highest BCUT2D eigenvalue weighted by Crippen LogP contribution is 2.23. The number of ether oxygens (including phenoxy) is 2. The molecule has 0 aromatic heterocycles. The molecule has 2 rings (SSSR count). The summed E-state index contributed by atoms with van der Waals surface area (Å²) < 4.78 is 11.0. The number of urea groups is 1. The summed E-state index contributed by atoms with van der Waals surface area (Å²) in [6.07, 6.45) is 0. The van der Waals surface area contributed by atoms with Crippen molar-refractivity contribution in [1.82, 2.24) is 5.32 Å². The Morgan fingerprint density at radius 2 is 1.83 bits per heavy atom. The largest absolute Gasteiger partial charge is 0.492 e. The van der Waals surface area contributed by atoms with Gasteiger partial charge in [0.05, 0.1) is 12.3 Å². The maximum Gasteiger partial charge on any atom is 0.321 e. The van der Waals surface area contributed by atoms with Crippen molar-refractivity contribution in [2.75, 3.05) is 18.7 Å². The van der Waals surface area contributed by atoms with Crippen LogP contribution in [0.25, 0.3) is 0 Å². The van der Waals surface area contributed by atoms with Crippen LogP contribution in [-0.2, 0) is 0 Å². The molecule has 0 spiro atoms. The number of aryl methyl sites for hydroxylation is 2. The van der Waals surface area contributed by atoms with Crippen LogP contribution in [0, 0.1) is 13.8 Å². The van der Waals surface area contributed by atoms with Crippen molar-refractivity contribution in [3.05, 3.63) is 53.6 Å². The van der Waals surface area contributed by atoms with Gasteiger partial charge in [0.15, 0.2) is 6.73 Å². The normalized spacial score (nSPS) is 10.0. The number of rotatable bonds is 6. The van der Waals surface area contributed by atoms with Gasteiger partial charge in [-0.2, -0.15) is 0 Å². The maximum atomic E-state index is 11.9. The van der Waals surface area contributed by atoms with Crippen LogP contribution in [0.5, 0.6) is 11.5 Å². The summed E-state index contributed by atoms with van der Waals surface area (Å²) in [5.74, 6) is 1.39. The highest BCUT2D eigenvalue weighted by Gasteiger charge is 2.07. The third kappa shape index (κ3) is 4.92. The van der Waals surface area contributed by atoms with Gasteiger partial charge in [0.2, 0.25) is 0 Å². The average Bonchev–Trinajstić information content (AvgIpc) is 2.52. The molecule has 2 aromatic rings. The number of amides is 2. The average molecular weight is 314 g/mol. The fourth-order valence-corrected chi connectivity index (χ4v) is 2.16. The van der Waals surface area contributed by atoms with E-state index in [9.17, 15) is 4.79 Å². The van der Waals surface area contributed by atoms with Crippen LogP contribution >= 0.6 is 0 Å². The van der Waals surface area contributed by atoms with E-state index in [1.807, 2.05) is 57.2 Å². The van der Waals surface area contributed by atoms with Crippen molar-refractivity contribution in [2.45, 2.75) is 20.8 Å². The molecule has 0 saturated heterocycles. The van der Waals surface area contributed by atoms with Gasteiger partial charge in [-0.25, -0.2) is 4.79 Å². The van der Waals surface area contributed by atoms with Crippen LogP contribution in [0.1, 0.15) is 18.1 Å². The lowest BCUT2D eigenvalue weighted by Crippen LogP contribution is -2.32. The molecular weight excluding hydrogens is 292 g/mol. The number of nitrogens with one attached hydrogen (secondary N) is 2. The van der Waals surface area contributed by atoms with Gasteiger partial charge in [0, 0.05) is 0 Å². The molecule has 5 heteroatoms. The molecule has 23 heavy (non-hydrogen) atoms. The Hall–Kier alpha value is -2.69. The number of benzene rings is 2. The molecule has 0 aliphatic rings. The standard InChI is InChI=1S/C18H22N2O3/c1-4-22-17-8-6-5-7-15(17)20-18(21)19-12-23-16-10-9-13(2)11-14(16)3/h5-11H,4,12H2,1-3H3,(H2,19,20,21). The molecule has 0 fully saturated rings. The number of carbonyl (C=O) groups excluding carboxylic acids is 1. The molecule has 0 aliphatic carbocycles. The zero-order valence-corrected chi connectivity index (χ0v) is 13.7. The van der Waals surface area contributed by atoms with Crippen LogP contribution in [-0.4, -0.2) is 19.4 Å². The Balaban J connectivity index is 1.86. The fraction of sp³-hybridized carbons (Fsp3) is 0.278. The quantitative estimate of drug-likeness (QED) is 0.796. The van der Waals surface area contributed by atoms with E-state index in [-0.39, 0.29) is 12.8 Å². The second-order valence-corrected chi connectivity index (χ2v) is 5.12. The van der Waals surface area contributed by atoms with Gasteiger partial charge in [-0.05, 0) is 44.5 Å². The number of carbonyl (C=O) groups is 1. The van der Waals surface area contributed by atoms with E-state index in [1.54, 1.807) is 6.07 Å². The molecule has 2 N–H and O–H groups in total. The van der Waals surface area contributed by atoms with Gasteiger partial charge in [-0.15, -0.1) is 0 Å². The zero-order valence-electron chi connectivity index (χ0n) is 13.7. The Kier molecular flexibility index (Phi) is 5.86. The van der Waals surface area contributed by atoms with Gasteiger partial charge in [0.1, 0.15) is 11.5 Å². The lowest BCUT2D eigenvalue weighted by Gasteiger charge is -2.13. The van der Waals surface area contributed by atoms with Crippen molar-refractivity contribution in [1.29, 1.82) is 0 Å². The molecule has 0 unspecified atom stereocenters. The molecule has 0 heterocycles. The van der Waals surface area contributed by atoms with E-state index in [4.69, 9.17) is 9.47 Å². The minimum Gasteiger partial charge on any atom is -0.492 e. The highest BCUT2D eigenvalue weighted by molar-refractivity contribution is 5.90. The first-order valence-electron chi connectivity index (χ1n) is 7.57. The van der Waals surface area contributed by atoms with E-state index in [0.717, 1.165) is 11.3 Å². The first-order valence-corrected chi connectivity index (χ1v) is 7.57. The summed E-state index contributed by atoms with van der Waals surface area (Å²) in [6.45, 7) is 6.52. The van der Waals surface area contributed by atoms with E-state index in [1.165, 1.54) is 5.56 Å². The van der Waals surface area contributed by atoms with Crippen molar-refractivity contribution in [2.24, 2.45) is 0 Å². The molecule has 0 radical (unpaired) electrons. The third-order valence-electron chi connectivity index (χ3n) is 3.23. The molecular formula is C18H22N2O3. The molecule has 2 amide bonds. The van der Waals surface area contributed by atoms with Crippen LogP contribution in [0.4, 0.5) is 10.5 Å². The predicted octanol–water partition coefficient (Wildman–Crippen LogP) is 3.86. The summed E-state index contributed by atoms with van der Waals surface area (Å²) >= 11 is 0. The summed E-state index contributed by atoms with van der Waals surface area (Å²) in [5, 5.41) is 5.41. The minimum absolute atomic E-state index is 0.0898. The van der Waals surface area contributed by atoms with Gasteiger partial charge in [-0.1, -0.05) is 29.8 Å². The molecule has 0 atom stereocenters. The Bertz CT molecular complexity index is 671. The van der Waals surface area contributed by atoms with Gasteiger partial charge in [-0.3, -0.25) is 0 Å². The van der Waals surface area contributed by atoms with Crippen molar-refractivity contribution < 1.29 is 14.3 Å². The SMILES string of the molecule is CCOc1ccccc1NC(=O)NCOc1ccc(C)cc1C. The molecule has 122 valence electrons. The number of anilines is 1. The summed E-state index contributed by atoms with van der Waals surface area (Å²) in [6, 6.07) is 12.9. The molecule has 0 saturated carbocycles. The lowest BCUT2D eigenvalue weighted by molar-refractivity contribution is 0.234. The minimum atomic E-state index is -0.345. The fourth-order valence-electron chi connectivity index (χ4n) is 2.16. The van der Waals surface area contributed by atoms with E-state index in [2.05, 4.69) is 10.6 Å². The van der Waals surface area contributed by atoms with Gasteiger partial charge < -0.3 is 20.1 Å². The second kappa shape index (κ2) is 8.08. The first kappa shape index (κ1) is 16.7. The zero-order chi connectivity index (χ0) is 16.7. The Labute approximate surface area is 136 Å². The van der Waals surface area contributed by atoms with Crippen LogP contribution in [0.3, 0.4) is 0 Å². The summed E-state index contributed by atoms with van der Waals surface area (Å²) in [7, 11) is 0. The number of hydrogen-bond acceptors (Lipinski definition) is 3. The summed E-state index contributed by atoms with van der Waals surface area (Å²) in [4.78, 5) is 11.9. The van der Waals surface area contributed by atoms with Crippen molar-refractivity contribution >= 4 is 11.7 Å². The van der Waals surface area contributed by atoms with E-state index >= 15 is 0 Å². The lowest BCUT2D eigenvalue weighted by atomic mass is 10.1. The Morgan fingerprint density at radius 1 is 1.04 bits per heavy atom. The molecule has 0 bridgehead atoms. The van der Waals surface area contributed by atoms with Crippen LogP contribution < -0.4 is 20.1 Å².